The SMILES string of the molecule is CCCCN(C)c1ccc(-n2c(-c3cc(-c4cnc5c(c4)C=CC5)ccn3)cn(C)c2=O)cc1C(F)(F)F. The Morgan fingerprint density at radius 3 is 2.66 bits per heavy atom. The number of allylic oxidation sites excluding steroid dienone is 1. The Morgan fingerprint density at radius 2 is 1.89 bits per heavy atom. The highest BCUT2D eigenvalue weighted by Crippen LogP contribution is 2.38. The van der Waals surface area contributed by atoms with Gasteiger partial charge in [-0.2, -0.15) is 13.2 Å². The van der Waals surface area contributed by atoms with Gasteiger partial charge in [-0.05, 0) is 53.9 Å². The lowest BCUT2D eigenvalue weighted by Gasteiger charge is -2.24. The summed E-state index contributed by atoms with van der Waals surface area (Å²) in [5.41, 5.74) is 3.64. The number of hydrogen-bond acceptors (Lipinski definition) is 4. The predicted molar refractivity (Wildman–Crippen MR) is 143 cm³/mol. The number of halogens is 3. The average Bonchev–Trinajstić information content (AvgIpc) is 3.50. The molecule has 4 aromatic rings. The number of rotatable bonds is 7. The lowest BCUT2D eigenvalue weighted by molar-refractivity contribution is -0.137. The Morgan fingerprint density at radius 1 is 1.08 bits per heavy atom. The molecule has 0 atom stereocenters. The van der Waals surface area contributed by atoms with E-state index in [0.29, 0.717) is 17.9 Å². The molecule has 0 N–H and O–H groups in total. The molecule has 0 fully saturated rings. The summed E-state index contributed by atoms with van der Waals surface area (Å²) in [6, 6.07) is 9.75. The van der Waals surface area contributed by atoms with Crippen molar-refractivity contribution in [1.82, 2.24) is 19.1 Å². The first-order valence-corrected chi connectivity index (χ1v) is 12.5. The number of benzene rings is 1. The van der Waals surface area contributed by atoms with Gasteiger partial charge in [0.25, 0.3) is 0 Å². The smallest absolute Gasteiger partial charge is 0.374 e. The van der Waals surface area contributed by atoms with Gasteiger partial charge in [0, 0.05) is 56.9 Å². The van der Waals surface area contributed by atoms with Crippen molar-refractivity contribution in [3.8, 4) is 28.2 Å². The van der Waals surface area contributed by atoms with Gasteiger partial charge in [-0.3, -0.25) is 14.5 Å². The molecular formula is C29H28F3N5O. The standard InChI is InChI=1S/C29H28F3N5O/c1-4-5-13-35(2)26-10-9-22(16-23(26)29(30,31)32)37-27(18-36(3)28(37)38)25-15-19(11-12-33-25)21-14-20-7-6-8-24(20)34-17-21/h6-7,9-12,14-18H,4-5,8,13H2,1-3H3. The van der Waals surface area contributed by atoms with E-state index in [1.165, 1.54) is 15.2 Å². The maximum absolute atomic E-state index is 14.1. The number of aromatic nitrogens is 4. The number of hydrogen-bond donors (Lipinski definition) is 0. The molecule has 1 aliphatic carbocycles. The van der Waals surface area contributed by atoms with Gasteiger partial charge in [0.15, 0.2) is 0 Å². The van der Waals surface area contributed by atoms with Gasteiger partial charge in [0.1, 0.15) is 0 Å². The summed E-state index contributed by atoms with van der Waals surface area (Å²) >= 11 is 0. The highest BCUT2D eigenvalue weighted by Gasteiger charge is 2.35. The van der Waals surface area contributed by atoms with Crippen LogP contribution in [-0.4, -0.2) is 32.7 Å². The van der Waals surface area contributed by atoms with E-state index in [4.69, 9.17) is 0 Å². The van der Waals surface area contributed by atoms with Gasteiger partial charge in [0.2, 0.25) is 0 Å². The first kappa shape index (κ1) is 25.5. The lowest BCUT2D eigenvalue weighted by Crippen LogP contribution is -2.24. The van der Waals surface area contributed by atoms with E-state index in [0.717, 1.165) is 47.7 Å². The Balaban J connectivity index is 1.60. The molecule has 0 aliphatic heterocycles. The molecule has 38 heavy (non-hydrogen) atoms. The predicted octanol–water partition coefficient (Wildman–Crippen LogP) is 6.12. The Labute approximate surface area is 218 Å². The van der Waals surface area contributed by atoms with Crippen molar-refractivity contribution in [3.05, 3.63) is 88.4 Å². The molecule has 0 bridgehead atoms. The van der Waals surface area contributed by atoms with Crippen molar-refractivity contribution in [2.75, 3.05) is 18.5 Å². The largest absolute Gasteiger partial charge is 0.418 e. The van der Waals surface area contributed by atoms with E-state index in [1.807, 2.05) is 31.2 Å². The quantitative estimate of drug-likeness (QED) is 0.295. The molecule has 196 valence electrons. The van der Waals surface area contributed by atoms with Crippen LogP contribution in [-0.2, 0) is 19.6 Å². The zero-order valence-electron chi connectivity index (χ0n) is 21.5. The van der Waals surface area contributed by atoms with Gasteiger partial charge in [-0.15, -0.1) is 0 Å². The van der Waals surface area contributed by atoms with E-state index in [-0.39, 0.29) is 11.4 Å². The van der Waals surface area contributed by atoms with Crippen LogP contribution in [0.2, 0.25) is 0 Å². The first-order valence-electron chi connectivity index (χ1n) is 12.5. The summed E-state index contributed by atoms with van der Waals surface area (Å²) in [6.45, 7) is 2.49. The van der Waals surface area contributed by atoms with Gasteiger partial charge in [0.05, 0.1) is 28.3 Å². The normalized spacial score (nSPS) is 12.7. The number of nitrogens with zero attached hydrogens (tertiary/aromatic N) is 5. The Kier molecular flexibility index (Phi) is 6.69. The van der Waals surface area contributed by atoms with Crippen molar-refractivity contribution in [3.63, 3.8) is 0 Å². The molecule has 3 aromatic heterocycles. The highest BCUT2D eigenvalue weighted by molar-refractivity contribution is 5.73. The molecule has 6 nitrogen and oxygen atoms in total. The topological polar surface area (TPSA) is 56.0 Å². The maximum Gasteiger partial charge on any atom is 0.418 e. The summed E-state index contributed by atoms with van der Waals surface area (Å²) in [4.78, 5) is 23.8. The fourth-order valence-corrected chi connectivity index (χ4v) is 4.76. The van der Waals surface area contributed by atoms with Gasteiger partial charge in [-0.1, -0.05) is 25.5 Å². The summed E-state index contributed by atoms with van der Waals surface area (Å²) in [5.74, 6) is 0. The Hall–Kier alpha value is -4.14. The average molecular weight is 520 g/mol. The second-order valence-electron chi connectivity index (χ2n) is 9.51. The van der Waals surface area contributed by atoms with Crippen molar-refractivity contribution in [1.29, 1.82) is 0 Å². The number of aryl methyl sites for hydroxylation is 1. The zero-order valence-corrected chi connectivity index (χ0v) is 21.5. The van der Waals surface area contributed by atoms with Gasteiger partial charge in [-0.25, -0.2) is 4.79 Å². The molecule has 0 amide bonds. The second kappa shape index (κ2) is 9.96. The van der Waals surface area contributed by atoms with Crippen LogP contribution >= 0.6 is 0 Å². The third-order valence-corrected chi connectivity index (χ3v) is 6.82. The summed E-state index contributed by atoms with van der Waals surface area (Å²) in [7, 11) is 3.22. The van der Waals surface area contributed by atoms with Crippen LogP contribution in [0.15, 0.2) is 65.9 Å². The molecule has 0 saturated heterocycles. The molecule has 0 unspecified atom stereocenters. The molecule has 5 rings (SSSR count). The van der Waals surface area contributed by atoms with Crippen LogP contribution in [0.1, 0.15) is 36.6 Å². The van der Waals surface area contributed by atoms with E-state index in [2.05, 4.69) is 16.0 Å². The van der Waals surface area contributed by atoms with E-state index >= 15 is 0 Å². The molecule has 1 aromatic carbocycles. The molecule has 3 heterocycles. The number of alkyl halides is 3. The van der Waals surface area contributed by atoms with Crippen molar-refractivity contribution in [2.45, 2.75) is 32.4 Å². The van der Waals surface area contributed by atoms with Crippen LogP contribution in [0.25, 0.3) is 34.3 Å². The lowest BCUT2D eigenvalue weighted by atomic mass is 10.0. The highest BCUT2D eigenvalue weighted by atomic mass is 19.4. The molecule has 0 radical (unpaired) electrons. The van der Waals surface area contributed by atoms with Crippen molar-refractivity contribution < 1.29 is 13.2 Å². The fraction of sp³-hybridized carbons (Fsp3) is 0.276. The second-order valence-corrected chi connectivity index (χ2v) is 9.51. The monoisotopic (exact) mass is 519 g/mol. The van der Waals surface area contributed by atoms with E-state index < -0.39 is 17.4 Å². The van der Waals surface area contributed by atoms with Gasteiger partial charge >= 0.3 is 11.9 Å². The molecular weight excluding hydrogens is 491 g/mol. The van der Waals surface area contributed by atoms with E-state index in [9.17, 15) is 18.0 Å². The van der Waals surface area contributed by atoms with E-state index in [1.54, 1.807) is 43.7 Å². The summed E-state index contributed by atoms with van der Waals surface area (Å²) in [6.07, 6.45) is 6.97. The summed E-state index contributed by atoms with van der Waals surface area (Å²) in [5, 5.41) is 0. The van der Waals surface area contributed by atoms with Crippen LogP contribution in [0.3, 0.4) is 0 Å². The van der Waals surface area contributed by atoms with Crippen LogP contribution in [0.5, 0.6) is 0 Å². The molecule has 0 saturated carbocycles. The Bertz CT molecular complexity index is 1580. The molecule has 1 aliphatic rings. The first-order chi connectivity index (χ1) is 18.2. The van der Waals surface area contributed by atoms with Crippen LogP contribution < -0.4 is 10.6 Å². The van der Waals surface area contributed by atoms with Crippen molar-refractivity contribution >= 4 is 11.8 Å². The third kappa shape index (κ3) is 4.76. The fourth-order valence-electron chi connectivity index (χ4n) is 4.76. The minimum atomic E-state index is -4.59. The minimum Gasteiger partial charge on any atom is -0.374 e. The number of fused-ring (bicyclic) bond motifs is 1. The number of unbranched alkanes of at least 4 members (excludes halogenated alkanes) is 1. The van der Waals surface area contributed by atoms with Crippen LogP contribution in [0.4, 0.5) is 18.9 Å². The number of imidazole rings is 1. The third-order valence-electron chi connectivity index (χ3n) is 6.82. The number of anilines is 1. The minimum absolute atomic E-state index is 0.0820. The molecule has 0 spiro atoms. The maximum atomic E-state index is 14.1. The number of pyridine rings is 2. The van der Waals surface area contributed by atoms with Crippen LogP contribution in [0, 0.1) is 0 Å². The van der Waals surface area contributed by atoms with Gasteiger partial charge < -0.3 is 9.47 Å². The zero-order chi connectivity index (χ0) is 27.0. The molecule has 9 heteroatoms. The summed E-state index contributed by atoms with van der Waals surface area (Å²) < 4.78 is 45.1. The van der Waals surface area contributed by atoms with Crippen molar-refractivity contribution in [2.24, 2.45) is 7.05 Å².